The highest BCUT2D eigenvalue weighted by Crippen LogP contribution is 2.33. The number of nitrogens with zero attached hydrogens (tertiary/aromatic N) is 5. The van der Waals surface area contributed by atoms with Crippen molar-refractivity contribution in [2.75, 3.05) is 0 Å². The summed E-state index contributed by atoms with van der Waals surface area (Å²) in [5, 5.41) is 39.6. The average Bonchev–Trinajstić information content (AvgIpc) is 3.17. The molecule has 31 heavy (non-hydrogen) atoms. The number of non-ortho nitro benzene ring substituents is 1. The Kier molecular flexibility index (Phi) is 6.00. The van der Waals surface area contributed by atoms with Crippen LogP contribution >= 0.6 is 0 Å². The van der Waals surface area contributed by atoms with Gasteiger partial charge in [0.25, 0.3) is 11.6 Å². The number of aromatic hydroxyl groups is 1. The summed E-state index contributed by atoms with van der Waals surface area (Å²) in [6.07, 6.45) is 2.49. The Morgan fingerprint density at radius 2 is 2.00 bits per heavy atom. The quantitative estimate of drug-likeness (QED) is 0.334. The van der Waals surface area contributed by atoms with Gasteiger partial charge in [-0.05, 0) is 18.6 Å². The van der Waals surface area contributed by atoms with Crippen molar-refractivity contribution in [3.63, 3.8) is 0 Å². The van der Waals surface area contributed by atoms with Gasteiger partial charge < -0.3 is 5.11 Å². The fraction of sp³-hybridized carbons (Fsp3) is 0.105. The van der Waals surface area contributed by atoms with Crippen LogP contribution in [0.15, 0.2) is 53.8 Å². The molecule has 0 saturated carbocycles. The standard InChI is InChI=1S/C19H16N6O6/c1-12-3-2-4-13(7-12)11-23-6-5-16(22-23)19(27)21-20-10-14-8-15(24(28)29)9-17(18(14)26)25(30)31/h2-10,26H,11H2,1H3,(H,21,27). The zero-order valence-corrected chi connectivity index (χ0v) is 16.1. The van der Waals surface area contributed by atoms with Crippen molar-refractivity contribution in [1.82, 2.24) is 15.2 Å². The van der Waals surface area contributed by atoms with Crippen LogP contribution in [0.3, 0.4) is 0 Å². The first-order valence-electron chi connectivity index (χ1n) is 8.83. The SMILES string of the molecule is Cc1cccc(Cn2ccc(C(=O)NN=Cc3cc([N+](=O)[O-])cc([N+](=O)[O-])c3O)n2)c1. The summed E-state index contributed by atoms with van der Waals surface area (Å²) < 4.78 is 1.57. The van der Waals surface area contributed by atoms with E-state index in [2.05, 4.69) is 15.6 Å². The van der Waals surface area contributed by atoms with Gasteiger partial charge in [0.1, 0.15) is 0 Å². The van der Waals surface area contributed by atoms with Crippen LogP contribution in [-0.4, -0.2) is 36.9 Å². The number of phenolic OH excluding ortho intramolecular Hbond substituents is 1. The van der Waals surface area contributed by atoms with Crippen molar-refractivity contribution in [2.45, 2.75) is 13.5 Å². The molecule has 1 heterocycles. The smallest absolute Gasteiger partial charge is 0.318 e. The number of carbonyl (C=O) groups is 1. The number of rotatable bonds is 7. The van der Waals surface area contributed by atoms with Gasteiger partial charge in [-0.1, -0.05) is 29.8 Å². The molecule has 1 amide bonds. The molecule has 12 nitrogen and oxygen atoms in total. The minimum atomic E-state index is -0.959. The van der Waals surface area contributed by atoms with Crippen LogP contribution < -0.4 is 5.43 Å². The number of aromatic nitrogens is 2. The molecule has 0 aliphatic carbocycles. The number of hydrogen-bond acceptors (Lipinski definition) is 8. The first-order valence-corrected chi connectivity index (χ1v) is 8.83. The topological polar surface area (TPSA) is 166 Å². The summed E-state index contributed by atoms with van der Waals surface area (Å²) >= 11 is 0. The Balaban J connectivity index is 1.72. The molecule has 0 saturated heterocycles. The molecule has 0 fully saturated rings. The fourth-order valence-corrected chi connectivity index (χ4v) is 2.75. The van der Waals surface area contributed by atoms with Crippen molar-refractivity contribution in [3.05, 3.63) is 91.3 Å². The molecule has 2 aromatic carbocycles. The molecule has 0 aliphatic rings. The molecule has 1 aromatic heterocycles. The van der Waals surface area contributed by atoms with E-state index in [4.69, 9.17) is 0 Å². The van der Waals surface area contributed by atoms with Gasteiger partial charge in [0.2, 0.25) is 5.75 Å². The highest BCUT2D eigenvalue weighted by Gasteiger charge is 2.23. The number of phenols is 1. The summed E-state index contributed by atoms with van der Waals surface area (Å²) in [5.74, 6) is -1.48. The number of aryl methyl sites for hydroxylation is 1. The van der Waals surface area contributed by atoms with Crippen molar-refractivity contribution < 1.29 is 19.7 Å². The van der Waals surface area contributed by atoms with Crippen molar-refractivity contribution in [2.24, 2.45) is 5.10 Å². The van der Waals surface area contributed by atoms with E-state index in [0.29, 0.717) is 12.6 Å². The van der Waals surface area contributed by atoms with Crippen LogP contribution in [0.5, 0.6) is 5.75 Å². The van der Waals surface area contributed by atoms with Gasteiger partial charge in [-0.3, -0.25) is 29.7 Å². The fourth-order valence-electron chi connectivity index (χ4n) is 2.75. The molecule has 2 N–H and O–H groups in total. The van der Waals surface area contributed by atoms with Gasteiger partial charge in [-0.2, -0.15) is 10.2 Å². The number of benzene rings is 2. The molecule has 3 rings (SSSR count). The number of nitro benzene ring substituents is 2. The molecule has 0 radical (unpaired) electrons. The molecule has 12 heteroatoms. The van der Waals surface area contributed by atoms with E-state index >= 15 is 0 Å². The van der Waals surface area contributed by atoms with E-state index in [1.807, 2.05) is 31.2 Å². The highest BCUT2D eigenvalue weighted by atomic mass is 16.6. The van der Waals surface area contributed by atoms with Crippen molar-refractivity contribution >= 4 is 23.5 Å². The molecular weight excluding hydrogens is 408 g/mol. The van der Waals surface area contributed by atoms with Crippen molar-refractivity contribution in [3.8, 4) is 5.75 Å². The Morgan fingerprint density at radius 1 is 1.23 bits per heavy atom. The van der Waals surface area contributed by atoms with Gasteiger partial charge in [-0.15, -0.1) is 0 Å². The number of hydrogen-bond donors (Lipinski definition) is 2. The number of nitrogens with one attached hydrogen (secondary N) is 1. The van der Waals surface area contributed by atoms with Crippen molar-refractivity contribution in [1.29, 1.82) is 0 Å². The number of nitro groups is 2. The summed E-state index contributed by atoms with van der Waals surface area (Å²) in [6.45, 7) is 2.43. The van der Waals surface area contributed by atoms with Gasteiger partial charge in [-0.25, -0.2) is 5.43 Å². The van der Waals surface area contributed by atoms with Crippen LogP contribution in [0.25, 0.3) is 0 Å². The third-order valence-electron chi connectivity index (χ3n) is 4.18. The van der Waals surface area contributed by atoms with E-state index in [-0.39, 0.29) is 11.3 Å². The second-order valence-corrected chi connectivity index (χ2v) is 6.50. The molecule has 3 aromatic rings. The molecular formula is C19H16N6O6. The normalized spacial score (nSPS) is 10.9. The molecule has 0 atom stereocenters. The lowest BCUT2D eigenvalue weighted by Gasteiger charge is -2.03. The Morgan fingerprint density at radius 3 is 2.68 bits per heavy atom. The van der Waals surface area contributed by atoms with E-state index in [9.17, 15) is 30.1 Å². The molecule has 0 bridgehead atoms. The van der Waals surface area contributed by atoms with Crippen LogP contribution in [0.1, 0.15) is 27.2 Å². The lowest BCUT2D eigenvalue weighted by Crippen LogP contribution is -2.18. The first kappa shape index (κ1) is 21.1. The molecule has 0 unspecified atom stereocenters. The largest absolute Gasteiger partial charge is 0.502 e. The van der Waals surface area contributed by atoms with Crippen LogP contribution in [0.4, 0.5) is 11.4 Å². The average molecular weight is 424 g/mol. The number of carbonyl (C=O) groups excluding carboxylic acids is 1. The summed E-state index contributed by atoms with van der Waals surface area (Å²) in [5.41, 5.74) is 2.59. The Bertz CT molecular complexity index is 1200. The maximum Gasteiger partial charge on any atom is 0.318 e. The minimum absolute atomic E-state index is 0.0686. The minimum Gasteiger partial charge on any atom is -0.502 e. The maximum atomic E-state index is 12.2. The second-order valence-electron chi connectivity index (χ2n) is 6.50. The lowest BCUT2D eigenvalue weighted by molar-refractivity contribution is -0.394. The third-order valence-corrected chi connectivity index (χ3v) is 4.18. The first-order chi connectivity index (χ1) is 14.7. The van der Waals surface area contributed by atoms with Gasteiger partial charge in [0.15, 0.2) is 5.69 Å². The van der Waals surface area contributed by atoms with Crippen LogP contribution in [0, 0.1) is 27.2 Å². The zero-order chi connectivity index (χ0) is 22.5. The number of amides is 1. The molecule has 0 spiro atoms. The van der Waals surface area contributed by atoms with Gasteiger partial charge >= 0.3 is 5.69 Å². The lowest BCUT2D eigenvalue weighted by atomic mass is 10.1. The monoisotopic (exact) mass is 424 g/mol. The van der Waals surface area contributed by atoms with Gasteiger partial charge in [0.05, 0.1) is 34.2 Å². The number of hydrazone groups is 1. The summed E-state index contributed by atoms with van der Waals surface area (Å²) in [7, 11) is 0. The highest BCUT2D eigenvalue weighted by molar-refractivity contribution is 5.93. The summed E-state index contributed by atoms with van der Waals surface area (Å²) in [6, 6.07) is 10.8. The van der Waals surface area contributed by atoms with Gasteiger partial charge in [0, 0.05) is 12.3 Å². The van der Waals surface area contributed by atoms with Crippen LogP contribution in [-0.2, 0) is 6.54 Å². The second kappa shape index (κ2) is 8.82. The zero-order valence-electron chi connectivity index (χ0n) is 16.1. The Labute approximate surface area is 174 Å². The summed E-state index contributed by atoms with van der Waals surface area (Å²) in [4.78, 5) is 32.3. The predicted molar refractivity (Wildman–Crippen MR) is 109 cm³/mol. The van der Waals surface area contributed by atoms with E-state index < -0.39 is 32.9 Å². The van der Waals surface area contributed by atoms with E-state index in [1.54, 1.807) is 10.9 Å². The van der Waals surface area contributed by atoms with Crippen LogP contribution in [0.2, 0.25) is 0 Å². The van der Waals surface area contributed by atoms with E-state index in [0.717, 1.165) is 23.4 Å². The van der Waals surface area contributed by atoms with E-state index in [1.165, 1.54) is 6.07 Å². The molecule has 0 aliphatic heterocycles. The third kappa shape index (κ3) is 5.06. The Hall–Kier alpha value is -4.61. The predicted octanol–water partition coefficient (Wildman–Crippen LogP) is 2.53. The maximum absolute atomic E-state index is 12.2. The molecule has 158 valence electrons.